The number of carbonyl (C=O) groups excluding carboxylic acids is 2. The number of aromatic hydroxyl groups is 1. The molecule has 0 spiro atoms. The van der Waals surface area contributed by atoms with Gasteiger partial charge in [0.2, 0.25) is 11.8 Å². The van der Waals surface area contributed by atoms with Crippen molar-refractivity contribution in [3.8, 4) is 17.2 Å². The molecule has 0 bridgehead atoms. The second-order valence-corrected chi connectivity index (χ2v) is 10.5. The molecule has 3 aromatic rings. The fraction of sp³-hybridized carbons (Fsp3) is 0.375. The maximum atomic E-state index is 11.1. The van der Waals surface area contributed by atoms with Gasteiger partial charge in [-0.3, -0.25) is 9.59 Å². The molecule has 0 aliphatic carbocycles. The highest BCUT2D eigenvalue weighted by molar-refractivity contribution is 5.73. The highest BCUT2D eigenvalue weighted by Crippen LogP contribution is 2.27. The van der Waals surface area contributed by atoms with Gasteiger partial charge in [-0.15, -0.1) is 0 Å². The van der Waals surface area contributed by atoms with E-state index >= 15 is 0 Å². The lowest BCUT2D eigenvalue weighted by Crippen LogP contribution is -2.54. The standard InChI is InChI=1S/C19H22N2O3.C13H18N2O2/c1-13(20-14(2)22)15-6-8-18(9-7-15)24-19-11-21(12-19)16-4-3-5-17(23)10-16;1-9(15-10(2)16)11-3-5-12(6-4-11)17-13-7-14-8-13/h3-10,13,19,23H,11-12H2,1-2H3,(H,20,22);3-6,9,13-14H,7-8H2,1-2H3,(H,15,16)/t13-;9-/m00/s1. The van der Waals surface area contributed by atoms with Crippen molar-refractivity contribution < 1.29 is 24.2 Å². The van der Waals surface area contributed by atoms with E-state index in [9.17, 15) is 14.7 Å². The van der Waals surface area contributed by atoms with Gasteiger partial charge in [-0.2, -0.15) is 0 Å². The van der Waals surface area contributed by atoms with Gasteiger partial charge >= 0.3 is 0 Å². The molecule has 9 nitrogen and oxygen atoms in total. The number of amides is 2. The van der Waals surface area contributed by atoms with Crippen molar-refractivity contribution in [1.82, 2.24) is 16.0 Å². The van der Waals surface area contributed by atoms with Crippen LogP contribution < -0.4 is 30.3 Å². The molecule has 0 unspecified atom stereocenters. The van der Waals surface area contributed by atoms with E-state index in [1.54, 1.807) is 12.1 Å². The summed E-state index contributed by atoms with van der Waals surface area (Å²) in [5.41, 5.74) is 3.14. The molecule has 2 aliphatic heterocycles. The Balaban J connectivity index is 0.000000201. The van der Waals surface area contributed by atoms with Crippen molar-refractivity contribution in [1.29, 1.82) is 0 Å². The molecular weight excluding hydrogens is 520 g/mol. The van der Waals surface area contributed by atoms with Crippen LogP contribution in [-0.2, 0) is 9.59 Å². The first-order chi connectivity index (χ1) is 19.7. The second kappa shape index (κ2) is 13.9. The van der Waals surface area contributed by atoms with E-state index in [2.05, 4.69) is 20.9 Å². The Kier molecular flexibility index (Phi) is 10.1. The third-order valence-electron chi connectivity index (χ3n) is 6.99. The molecule has 2 heterocycles. The van der Waals surface area contributed by atoms with Gasteiger partial charge in [0.25, 0.3) is 0 Å². The highest BCUT2D eigenvalue weighted by Gasteiger charge is 2.28. The predicted molar refractivity (Wildman–Crippen MR) is 159 cm³/mol. The number of hydrogen-bond donors (Lipinski definition) is 4. The number of phenols is 1. The van der Waals surface area contributed by atoms with Crippen LogP contribution in [-0.4, -0.2) is 55.3 Å². The normalized spacial score (nSPS) is 16.1. The van der Waals surface area contributed by atoms with Gasteiger partial charge in [-0.05, 0) is 61.4 Å². The van der Waals surface area contributed by atoms with Crippen molar-refractivity contribution in [3.63, 3.8) is 0 Å². The van der Waals surface area contributed by atoms with E-state index < -0.39 is 0 Å². The molecule has 41 heavy (non-hydrogen) atoms. The molecule has 2 amide bonds. The Morgan fingerprint density at radius 2 is 1.29 bits per heavy atom. The number of nitrogens with zero attached hydrogens (tertiary/aromatic N) is 1. The lowest BCUT2D eigenvalue weighted by molar-refractivity contribution is -0.120. The predicted octanol–water partition coefficient (Wildman–Crippen LogP) is 4.09. The van der Waals surface area contributed by atoms with E-state index in [-0.39, 0.29) is 35.8 Å². The molecule has 0 radical (unpaired) electrons. The summed E-state index contributed by atoms with van der Waals surface area (Å²) in [4.78, 5) is 24.2. The molecular formula is C32H40N4O5. The lowest BCUT2D eigenvalue weighted by Gasteiger charge is -2.40. The summed E-state index contributed by atoms with van der Waals surface area (Å²) in [6, 6.07) is 23.0. The number of ether oxygens (including phenoxy) is 2. The Morgan fingerprint density at radius 1 is 0.805 bits per heavy atom. The zero-order valence-corrected chi connectivity index (χ0v) is 24.1. The first kappa shape index (κ1) is 29.7. The fourth-order valence-corrected chi connectivity index (χ4v) is 4.59. The van der Waals surface area contributed by atoms with E-state index in [1.807, 2.05) is 74.5 Å². The largest absolute Gasteiger partial charge is 0.508 e. The minimum absolute atomic E-state index is 0.0125. The van der Waals surface area contributed by atoms with Crippen LogP contribution in [0.4, 0.5) is 5.69 Å². The number of nitrogens with one attached hydrogen (secondary N) is 3. The third kappa shape index (κ3) is 8.88. The van der Waals surface area contributed by atoms with E-state index in [0.29, 0.717) is 6.10 Å². The van der Waals surface area contributed by atoms with Crippen molar-refractivity contribution in [2.75, 3.05) is 31.1 Å². The number of rotatable bonds is 9. The van der Waals surface area contributed by atoms with Gasteiger partial charge in [0.15, 0.2) is 0 Å². The van der Waals surface area contributed by atoms with Crippen molar-refractivity contribution in [2.24, 2.45) is 0 Å². The molecule has 2 fully saturated rings. The van der Waals surface area contributed by atoms with Gasteiger partial charge in [0.05, 0.1) is 25.2 Å². The zero-order chi connectivity index (χ0) is 29.4. The van der Waals surface area contributed by atoms with Crippen LogP contribution in [0.25, 0.3) is 0 Å². The monoisotopic (exact) mass is 560 g/mol. The van der Waals surface area contributed by atoms with Crippen LogP contribution in [0, 0.1) is 0 Å². The summed E-state index contributed by atoms with van der Waals surface area (Å²) in [5, 5.41) is 18.4. The third-order valence-corrected chi connectivity index (χ3v) is 6.99. The lowest BCUT2D eigenvalue weighted by atomic mass is 10.1. The van der Waals surface area contributed by atoms with Crippen molar-refractivity contribution in [3.05, 3.63) is 83.9 Å². The van der Waals surface area contributed by atoms with Crippen LogP contribution in [0.2, 0.25) is 0 Å². The van der Waals surface area contributed by atoms with Gasteiger partial charge in [-0.25, -0.2) is 0 Å². The highest BCUT2D eigenvalue weighted by atomic mass is 16.5. The average Bonchev–Trinajstić information content (AvgIpc) is 2.88. The molecule has 0 saturated carbocycles. The molecule has 0 aromatic heterocycles. The minimum Gasteiger partial charge on any atom is -0.508 e. The van der Waals surface area contributed by atoms with Crippen LogP contribution in [0.1, 0.15) is 50.9 Å². The summed E-state index contributed by atoms with van der Waals surface area (Å²) in [7, 11) is 0. The average molecular weight is 561 g/mol. The van der Waals surface area contributed by atoms with Gasteiger partial charge < -0.3 is 35.4 Å². The SMILES string of the molecule is CC(=O)N[C@@H](C)c1ccc(OC2CN(c3cccc(O)c3)C2)cc1.CC(=O)N[C@@H](C)c1ccc(OC2CNC2)cc1. The Bertz CT molecular complexity index is 1290. The molecule has 2 aliphatic rings. The number of carbonyl (C=O) groups is 2. The van der Waals surface area contributed by atoms with Crippen molar-refractivity contribution >= 4 is 17.5 Å². The van der Waals surface area contributed by atoms with Crippen LogP contribution >= 0.6 is 0 Å². The van der Waals surface area contributed by atoms with Crippen LogP contribution in [0.15, 0.2) is 72.8 Å². The Morgan fingerprint density at radius 3 is 1.71 bits per heavy atom. The van der Waals surface area contributed by atoms with Gasteiger partial charge in [0.1, 0.15) is 29.5 Å². The molecule has 3 aromatic carbocycles. The van der Waals surface area contributed by atoms with Gasteiger partial charge in [-0.1, -0.05) is 30.3 Å². The Hall–Kier alpha value is -4.24. The van der Waals surface area contributed by atoms with E-state index in [0.717, 1.165) is 54.5 Å². The molecule has 2 saturated heterocycles. The maximum absolute atomic E-state index is 11.1. The molecule has 218 valence electrons. The number of benzene rings is 3. The summed E-state index contributed by atoms with van der Waals surface area (Å²) >= 11 is 0. The topological polar surface area (TPSA) is 112 Å². The number of hydrogen-bond acceptors (Lipinski definition) is 7. The smallest absolute Gasteiger partial charge is 0.217 e. The quantitative estimate of drug-likeness (QED) is 0.312. The maximum Gasteiger partial charge on any atom is 0.217 e. The second-order valence-electron chi connectivity index (χ2n) is 10.5. The summed E-state index contributed by atoms with van der Waals surface area (Å²) in [6.07, 6.45) is 0.444. The van der Waals surface area contributed by atoms with Crippen molar-refractivity contribution in [2.45, 2.75) is 52.0 Å². The van der Waals surface area contributed by atoms with E-state index in [4.69, 9.17) is 9.47 Å². The number of phenolic OH excluding ortho intramolecular Hbond substituents is 1. The summed E-state index contributed by atoms with van der Waals surface area (Å²) in [5.74, 6) is 1.94. The first-order valence-electron chi connectivity index (χ1n) is 14.0. The van der Waals surface area contributed by atoms with E-state index in [1.165, 1.54) is 13.8 Å². The van der Waals surface area contributed by atoms with Crippen LogP contribution in [0.3, 0.4) is 0 Å². The molecule has 4 N–H and O–H groups in total. The number of anilines is 1. The fourth-order valence-electron chi connectivity index (χ4n) is 4.59. The zero-order valence-electron chi connectivity index (χ0n) is 24.1. The summed E-state index contributed by atoms with van der Waals surface area (Å²) in [6.45, 7) is 10.4. The molecule has 5 rings (SSSR count). The molecule has 9 heteroatoms. The summed E-state index contributed by atoms with van der Waals surface area (Å²) < 4.78 is 11.7. The first-order valence-corrected chi connectivity index (χ1v) is 14.0. The molecule has 2 atom stereocenters. The minimum atomic E-state index is -0.0377. The Labute approximate surface area is 241 Å². The van der Waals surface area contributed by atoms with Crippen LogP contribution in [0.5, 0.6) is 17.2 Å². The van der Waals surface area contributed by atoms with Gasteiger partial charge in [0, 0.05) is 38.7 Å².